The minimum Gasteiger partial charge on any atom is -0.498 e. The molecule has 0 radical (unpaired) electrons. The van der Waals surface area contributed by atoms with Crippen LogP contribution in [-0.4, -0.2) is 47.3 Å². The van der Waals surface area contributed by atoms with Crippen molar-refractivity contribution in [2.45, 2.75) is 33.2 Å². The highest BCUT2D eigenvalue weighted by molar-refractivity contribution is 5.92. The largest absolute Gasteiger partial charge is 0.498 e. The maximum atomic E-state index is 14.6. The number of fused-ring (bicyclic) bond motifs is 1. The van der Waals surface area contributed by atoms with Crippen LogP contribution in [-0.2, 0) is 0 Å². The number of carboxylic acid groups (broad SMARTS) is 1. The number of carbonyl (C=O) groups is 1. The molecular formula is C19H24FN3O2. The summed E-state index contributed by atoms with van der Waals surface area (Å²) >= 11 is 0. The van der Waals surface area contributed by atoms with Gasteiger partial charge in [0.15, 0.2) is 0 Å². The van der Waals surface area contributed by atoms with Gasteiger partial charge < -0.3 is 14.8 Å². The Labute approximate surface area is 147 Å². The molecule has 0 saturated carbocycles. The van der Waals surface area contributed by atoms with Crippen LogP contribution in [0.3, 0.4) is 0 Å². The molecule has 1 amide bonds. The van der Waals surface area contributed by atoms with Crippen LogP contribution in [0.4, 0.5) is 14.9 Å². The van der Waals surface area contributed by atoms with E-state index in [2.05, 4.69) is 4.98 Å². The molecule has 0 bridgehead atoms. The minimum absolute atomic E-state index is 0.118. The van der Waals surface area contributed by atoms with Crippen LogP contribution in [0.25, 0.3) is 10.9 Å². The lowest BCUT2D eigenvalue weighted by atomic mass is 9.99. The molecule has 1 fully saturated rings. The van der Waals surface area contributed by atoms with E-state index in [1.165, 1.54) is 6.07 Å². The summed E-state index contributed by atoms with van der Waals surface area (Å²) < 4.78 is 14.5. The van der Waals surface area contributed by atoms with E-state index in [1.54, 1.807) is 6.07 Å². The topological polar surface area (TPSA) is 56.3 Å². The van der Waals surface area contributed by atoms with Gasteiger partial charge >= 0.3 is 0 Å². The van der Waals surface area contributed by atoms with Gasteiger partial charge in [-0.05, 0) is 52.0 Å². The molecule has 1 aliphatic rings. The molecule has 1 aromatic heterocycles. The molecule has 6 heteroatoms. The van der Waals surface area contributed by atoms with Gasteiger partial charge in [0.05, 0.1) is 29.8 Å². The number of hydrogen-bond donors (Lipinski definition) is 0. The zero-order chi connectivity index (χ0) is 18.4. The average Bonchev–Trinajstić information content (AvgIpc) is 2.54. The minimum atomic E-state index is -1.07. The Balaban J connectivity index is 1.97. The Morgan fingerprint density at radius 3 is 2.40 bits per heavy atom. The van der Waals surface area contributed by atoms with Crippen molar-refractivity contribution in [1.82, 2.24) is 4.98 Å². The Morgan fingerprint density at radius 1 is 1.20 bits per heavy atom. The third kappa shape index (κ3) is 2.84. The van der Waals surface area contributed by atoms with Crippen molar-refractivity contribution in [2.24, 2.45) is 0 Å². The first kappa shape index (κ1) is 17.6. The molecule has 0 N–H and O–H groups in total. The number of aromatic nitrogens is 1. The van der Waals surface area contributed by atoms with Gasteiger partial charge in [-0.25, -0.2) is 4.39 Å². The van der Waals surface area contributed by atoms with Gasteiger partial charge in [0.2, 0.25) is 0 Å². The van der Waals surface area contributed by atoms with Crippen LogP contribution < -0.4 is 10.0 Å². The number of piperazine rings is 1. The molecule has 0 spiro atoms. The maximum absolute atomic E-state index is 14.6. The number of quaternary nitrogens is 1. The Kier molecular flexibility index (Phi) is 4.19. The van der Waals surface area contributed by atoms with Gasteiger partial charge in [-0.3, -0.25) is 9.47 Å². The monoisotopic (exact) mass is 345 g/mol. The number of benzene rings is 1. The standard InChI is InChI=1S/C19H24FN3O2/c1-13-5-6-14-16(21-13)8-7-15(20)17(14)22-9-11-23(12-10-22,18(24)25)19(2,3)4/h5-8H,9-12H2,1-4H3. The number of hydrogen-bond acceptors (Lipinski definition) is 4. The second-order valence-electron chi connectivity index (χ2n) is 7.75. The van der Waals surface area contributed by atoms with Crippen molar-refractivity contribution in [3.8, 4) is 0 Å². The third-order valence-corrected chi connectivity index (χ3v) is 5.39. The highest BCUT2D eigenvalue weighted by atomic mass is 19.1. The lowest BCUT2D eigenvalue weighted by molar-refractivity contribution is -0.920. The first-order valence-corrected chi connectivity index (χ1v) is 8.55. The molecule has 1 saturated heterocycles. The summed E-state index contributed by atoms with van der Waals surface area (Å²) in [5.41, 5.74) is 1.67. The molecule has 1 aliphatic heterocycles. The fourth-order valence-electron chi connectivity index (χ4n) is 3.74. The summed E-state index contributed by atoms with van der Waals surface area (Å²) in [5.74, 6) is -0.303. The fourth-order valence-corrected chi connectivity index (χ4v) is 3.74. The smallest absolute Gasteiger partial charge is 0.257 e. The number of pyridine rings is 1. The summed E-state index contributed by atoms with van der Waals surface area (Å²) in [6.07, 6.45) is -1.07. The third-order valence-electron chi connectivity index (χ3n) is 5.39. The van der Waals surface area contributed by atoms with Crippen molar-refractivity contribution in [3.05, 3.63) is 35.8 Å². The van der Waals surface area contributed by atoms with Crippen LogP contribution in [0.2, 0.25) is 0 Å². The summed E-state index contributed by atoms with van der Waals surface area (Å²) in [5, 5.41) is 12.6. The average molecular weight is 345 g/mol. The molecule has 0 atom stereocenters. The molecule has 3 rings (SSSR count). The summed E-state index contributed by atoms with van der Waals surface area (Å²) in [4.78, 5) is 18.2. The molecule has 0 unspecified atom stereocenters. The van der Waals surface area contributed by atoms with E-state index in [0.717, 1.165) is 16.6 Å². The van der Waals surface area contributed by atoms with Gasteiger partial charge in [-0.2, -0.15) is 0 Å². The maximum Gasteiger partial charge on any atom is 0.257 e. The number of halogens is 1. The van der Waals surface area contributed by atoms with Gasteiger partial charge in [0.1, 0.15) is 18.9 Å². The van der Waals surface area contributed by atoms with Gasteiger partial charge in [-0.1, -0.05) is 0 Å². The van der Waals surface area contributed by atoms with Crippen LogP contribution in [0.1, 0.15) is 26.5 Å². The second-order valence-corrected chi connectivity index (χ2v) is 7.75. The molecule has 2 aromatic rings. The van der Waals surface area contributed by atoms with E-state index >= 15 is 0 Å². The van der Waals surface area contributed by atoms with Crippen molar-refractivity contribution >= 4 is 22.7 Å². The van der Waals surface area contributed by atoms with Crippen LogP contribution in [0.15, 0.2) is 24.3 Å². The molecule has 25 heavy (non-hydrogen) atoms. The summed E-state index contributed by atoms with van der Waals surface area (Å²) in [6, 6.07) is 6.87. The molecule has 0 aliphatic carbocycles. The zero-order valence-corrected chi connectivity index (χ0v) is 15.2. The Hall–Kier alpha value is -2.21. The molecule has 134 valence electrons. The predicted octanol–water partition coefficient (Wildman–Crippen LogP) is 2.46. The number of amides is 1. The van der Waals surface area contributed by atoms with E-state index in [9.17, 15) is 14.3 Å². The molecule has 5 nitrogen and oxygen atoms in total. The number of nitrogens with zero attached hydrogens (tertiary/aromatic N) is 3. The zero-order valence-electron chi connectivity index (χ0n) is 15.2. The first-order valence-electron chi connectivity index (χ1n) is 8.55. The lowest BCUT2D eigenvalue weighted by Gasteiger charge is -2.52. The Bertz CT molecular complexity index is 821. The van der Waals surface area contributed by atoms with E-state index in [-0.39, 0.29) is 10.3 Å². The van der Waals surface area contributed by atoms with Crippen LogP contribution >= 0.6 is 0 Å². The highest BCUT2D eigenvalue weighted by Crippen LogP contribution is 2.33. The summed E-state index contributed by atoms with van der Waals surface area (Å²) in [7, 11) is 0. The van der Waals surface area contributed by atoms with E-state index in [4.69, 9.17) is 0 Å². The molecule has 1 aromatic carbocycles. The van der Waals surface area contributed by atoms with Gasteiger partial charge in [0.25, 0.3) is 6.09 Å². The van der Waals surface area contributed by atoms with Crippen molar-refractivity contribution < 1.29 is 18.8 Å². The number of rotatable bonds is 1. The second kappa shape index (κ2) is 5.95. The Morgan fingerprint density at radius 2 is 1.84 bits per heavy atom. The fraction of sp³-hybridized carbons (Fsp3) is 0.474. The number of anilines is 1. The predicted molar refractivity (Wildman–Crippen MR) is 93.8 cm³/mol. The van der Waals surface area contributed by atoms with Crippen LogP contribution in [0.5, 0.6) is 0 Å². The van der Waals surface area contributed by atoms with E-state index in [1.807, 2.05) is 44.7 Å². The molecular weight excluding hydrogens is 321 g/mol. The van der Waals surface area contributed by atoms with Crippen molar-refractivity contribution in [1.29, 1.82) is 0 Å². The normalized spacial score (nSPS) is 17.7. The quantitative estimate of drug-likeness (QED) is 0.745. The molecule has 2 heterocycles. The highest BCUT2D eigenvalue weighted by Gasteiger charge is 2.45. The first-order chi connectivity index (χ1) is 11.7. The van der Waals surface area contributed by atoms with E-state index < -0.39 is 11.6 Å². The SMILES string of the molecule is Cc1ccc2c(N3CC[N+](C(=O)[O-])(C(C)(C)C)CC3)c(F)ccc2n1. The summed E-state index contributed by atoms with van der Waals surface area (Å²) in [6.45, 7) is 9.28. The number of aryl methyl sites for hydroxylation is 1. The van der Waals surface area contributed by atoms with Gasteiger partial charge in [0, 0.05) is 11.1 Å². The van der Waals surface area contributed by atoms with Gasteiger partial charge in [-0.15, -0.1) is 0 Å². The van der Waals surface area contributed by atoms with Crippen molar-refractivity contribution in [2.75, 3.05) is 31.1 Å². The van der Waals surface area contributed by atoms with E-state index in [0.29, 0.717) is 31.9 Å². The van der Waals surface area contributed by atoms with Crippen LogP contribution in [0, 0.1) is 12.7 Å². The number of carbonyl (C=O) groups excluding carboxylic acids is 1. The van der Waals surface area contributed by atoms with Crippen molar-refractivity contribution in [3.63, 3.8) is 0 Å². The lowest BCUT2D eigenvalue weighted by Crippen LogP contribution is -2.73.